The van der Waals surface area contributed by atoms with E-state index in [0.717, 1.165) is 69.6 Å². The van der Waals surface area contributed by atoms with Crippen molar-refractivity contribution in [3.05, 3.63) is 0 Å². The Morgan fingerprint density at radius 1 is 0.313 bits per heavy atom. The molecule has 0 heterocycles. The molecule has 0 bridgehead atoms. The fourth-order valence-electron chi connectivity index (χ4n) is 9.37. The van der Waals surface area contributed by atoms with Crippen LogP contribution in [0.25, 0.3) is 0 Å². The number of carbonyl (C=O) groups is 3. The zero-order chi connectivity index (χ0) is 48.9. The molecule has 67 heavy (non-hydrogen) atoms. The molecule has 0 aliphatic rings. The monoisotopic (exact) mass is 947 g/mol. The van der Waals surface area contributed by atoms with E-state index in [4.69, 9.17) is 14.2 Å². The number of rotatable bonds is 55. The molecule has 0 aromatic rings. The highest BCUT2D eigenvalue weighted by Gasteiger charge is 2.19. The number of hydrogen-bond acceptors (Lipinski definition) is 6. The van der Waals surface area contributed by atoms with E-state index < -0.39 is 6.10 Å². The van der Waals surface area contributed by atoms with Crippen LogP contribution in [-0.4, -0.2) is 37.2 Å². The van der Waals surface area contributed by atoms with Gasteiger partial charge in [0.2, 0.25) is 0 Å². The van der Waals surface area contributed by atoms with Crippen molar-refractivity contribution < 1.29 is 28.6 Å². The Morgan fingerprint density at radius 3 is 0.851 bits per heavy atom. The summed E-state index contributed by atoms with van der Waals surface area (Å²) in [4.78, 5) is 38.2. The van der Waals surface area contributed by atoms with Crippen LogP contribution < -0.4 is 0 Å². The quantitative estimate of drug-likeness (QED) is 0.0343. The van der Waals surface area contributed by atoms with Crippen LogP contribution in [0.15, 0.2) is 0 Å². The lowest BCUT2D eigenvalue weighted by Crippen LogP contribution is -2.30. The first-order valence-corrected chi connectivity index (χ1v) is 30.3. The van der Waals surface area contributed by atoms with Gasteiger partial charge in [-0.2, -0.15) is 0 Å². The largest absolute Gasteiger partial charge is 0.462 e. The zero-order valence-electron chi connectivity index (χ0n) is 46.0. The van der Waals surface area contributed by atoms with Crippen molar-refractivity contribution in [3.63, 3.8) is 0 Å². The van der Waals surface area contributed by atoms with Crippen LogP contribution in [0.2, 0.25) is 0 Å². The normalized spacial score (nSPS) is 12.4. The summed E-state index contributed by atoms with van der Waals surface area (Å²) in [5, 5.41) is 0. The first-order chi connectivity index (χ1) is 32.8. The summed E-state index contributed by atoms with van der Waals surface area (Å²) in [6.07, 6.45) is 58.1. The number of ether oxygens (including phenoxy) is 3. The molecule has 0 saturated carbocycles. The van der Waals surface area contributed by atoms with Crippen LogP contribution >= 0.6 is 0 Å². The summed E-state index contributed by atoms with van der Waals surface area (Å²) in [7, 11) is 0. The molecule has 398 valence electrons. The van der Waals surface area contributed by atoms with Gasteiger partial charge in [0.15, 0.2) is 6.10 Å². The summed E-state index contributed by atoms with van der Waals surface area (Å²) in [6.45, 7) is 11.5. The number of hydrogen-bond donors (Lipinski definition) is 0. The van der Waals surface area contributed by atoms with Crippen LogP contribution in [0, 0.1) is 11.8 Å². The second-order valence-corrected chi connectivity index (χ2v) is 21.7. The van der Waals surface area contributed by atoms with Gasteiger partial charge in [-0.05, 0) is 31.1 Å². The molecule has 0 aromatic heterocycles. The van der Waals surface area contributed by atoms with Gasteiger partial charge in [0.1, 0.15) is 13.2 Å². The fourth-order valence-corrected chi connectivity index (χ4v) is 9.37. The van der Waals surface area contributed by atoms with E-state index in [1.807, 2.05) is 0 Å². The molecule has 0 aliphatic heterocycles. The first kappa shape index (κ1) is 65.4. The highest BCUT2D eigenvalue weighted by atomic mass is 16.6. The highest BCUT2D eigenvalue weighted by Crippen LogP contribution is 2.19. The number of esters is 3. The Hall–Kier alpha value is -1.59. The van der Waals surface area contributed by atoms with Crippen LogP contribution in [0.4, 0.5) is 0 Å². The molecule has 0 fully saturated rings. The number of unbranched alkanes of at least 4 members (excludes halogenated alkanes) is 39. The molecule has 2 atom stereocenters. The topological polar surface area (TPSA) is 78.9 Å². The summed E-state index contributed by atoms with van der Waals surface area (Å²) < 4.78 is 16.9. The standard InChI is InChI=1S/C61H118O6/c1-6-8-9-10-11-12-13-14-22-25-31-36-41-46-51-59(62)65-54-58(55-66-60(63)52-47-42-37-32-28-27-29-34-39-44-49-56(3)4)67-61(64)53-48-43-38-33-26-23-20-18-16-15-17-19-21-24-30-35-40-45-50-57(5)7-2/h56-58H,6-55H2,1-5H3/t57?,58-/m0/s1. The molecule has 0 N–H and O–H groups in total. The minimum absolute atomic E-state index is 0.0625. The summed E-state index contributed by atoms with van der Waals surface area (Å²) in [6, 6.07) is 0. The lowest BCUT2D eigenvalue weighted by molar-refractivity contribution is -0.167. The molecule has 0 spiro atoms. The van der Waals surface area contributed by atoms with Gasteiger partial charge in [-0.15, -0.1) is 0 Å². The van der Waals surface area contributed by atoms with Crippen LogP contribution in [0.3, 0.4) is 0 Å². The molecular weight excluding hydrogens is 829 g/mol. The van der Waals surface area contributed by atoms with Crippen LogP contribution in [-0.2, 0) is 28.6 Å². The third kappa shape index (κ3) is 53.6. The van der Waals surface area contributed by atoms with E-state index in [1.165, 1.54) is 231 Å². The average molecular weight is 948 g/mol. The Bertz CT molecular complexity index is 1030. The molecule has 0 radical (unpaired) electrons. The highest BCUT2D eigenvalue weighted by molar-refractivity contribution is 5.71. The molecule has 0 saturated heterocycles. The third-order valence-corrected chi connectivity index (χ3v) is 14.3. The minimum Gasteiger partial charge on any atom is -0.462 e. The van der Waals surface area contributed by atoms with E-state index in [9.17, 15) is 14.4 Å². The van der Waals surface area contributed by atoms with Gasteiger partial charge in [-0.1, -0.05) is 304 Å². The molecule has 0 aromatic carbocycles. The number of carbonyl (C=O) groups excluding carboxylic acids is 3. The molecule has 6 heteroatoms. The van der Waals surface area contributed by atoms with Gasteiger partial charge in [0, 0.05) is 19.3 Å². The van der Waals surface area contributed by atoms with E-state index in [1.54, 1.807) is 0 Å². The molecule has 0 rings (SSSR count). The maximum Gasteiger partial charge on any atom is 0.306 e. The van der Waals surface area contributed by atoms with E-state index in [-0.39, 0.29) is 31.1 Å². The smallest absolute Gasteiger partial charge is 0.306 e. The Labute approximate surface area is 418 Å². The second kappa shape index (κ2) is 53.8. The van der Waals surface area contributed by atoms with Gasteiger partial charge in [0.25, 0.3) is 0 Å². The molecule has 6 nitrogen and oxygen atoms in total. The predicted molar refractivity (Wildman–Crippen MR) is 289 cm³/mol. The van der Waals surface area contributed by atoms with E-state index in [2.05, 4.69) is 34.6 Å². The maximum absolute atomic E-state index is 12.9. The van der Waals surface area contributed by atoms with Crippen LogP contribution in [0.1, 0.15) is 343 Å². The maximum atomic E-state index is 12.9. The second-order valence-electron chi connectivity index (χ2n) is 21.7. The van der Waals surface area contributed by atoms with Gasteiger partial charge in [-0.25, -0.2) is 0 Å². The van der Waals surface area contributed by atoms with Gasteiger partial charge >= 0.3 is 17.9 Å². The van der Waals surface area contributed by atoms with Gasteiger partial charge in [-0.3, -0.25) is 14.4 Å². The summed E-state index contributed by atoms with van der Waals surface area (Å²) >= 11 is 0. The zero-order valence-corrected chi connectivity index (χ0v) is 46.0. The van der Waals surface area contributed by atoms with Gasteiger partial charge < -0.3 is 14.2 Å². The van der Waals surface area contributed by atoms with Crippen molar-refractivity contribution in [2.45, 2.75) is 349 Å². The summed E-state index contributed by atoms with van der Waals surface area (Å²) in [5.74, 6) is 0.891. The van der Waals surface area contributed by atoms with Crippen LogP contribution in [0.5, 0.6) is 0 Å². The predicted octanol–water partition coefficient (Wildman–Crippen LogP) is 20.0. The van der Waals surface area contributed by atoms with E-state index >= 15 is 0 Å². The Morgan fingerprint density at radius 2 is 0.567 bits per heavy atom. The molecule has 0 aliphatic carbocycles. The van der Waals surface area contributed by atoms with Gasteiger partial charge in [0.05, 0.1) is 0 Å². The minimum atomic E-state index is -0.763. The van der Waals surface area contributed by atoms with Crippen molar-refractivity contribution in [1.29, 1.82) is 0 Å². The van der Waals surface area contributed by atoms with Crippen molar-refractivity contribution >= 4 is 17.9 Å². The lowest BCUT2D eigenvalue weighted by Gasteiger charge is -2.18. The Kier molecular flexibility index (Phi) is 52.5. The fraction of sp³-hybridized carbons (Fsp3) is 0.951. The first-order valence-electron chi connectivity index (χ1n) is 30.3. The van der Waals surface area contributed by atoms with Crippen molar-refractivity contribution in [1.82, 2.24) is 0 Å². The molecular formula is C61H118O6. The summed E-state index contributed by atoms with van der Waals surface area (Å²) in [5.41, 5.74) is 0. The van der Waals surface area contributed by atoms with E-state index in [0.29, 0.717) is 19.3 Å². The Balaban J connectivity index is 4.25. The molecule has 0 amide bonds. The SMILES string of the molecule is CCCCCCCCCCCCCCCCC(=O)OC[C@@H](COC(=O)CCCCCCCCCCCCC(C)C)OC(=O)CCCCCCCCCCCCCCCCCCCCC(C)CC. The van der Waals surface area contributed by atoms with Crippen molar-refractivity contribution in [3.8, 4) is 0 Å². The average Bonchev–Trinajstić information content (AvgIpc) is 3.31. The molecule has 1 unspecified atom stereocenters. The van der Waals surface area contributed by atoms with Crippen molar-refractivity contribution in [2.75, 3.05) is 13.2 Å². The van der Waals surface area contributed by atoms with Crippen molar-refractivity contribution in [2.24, 2.45) is 11.8 Å². The third-order valence-electron chi connectivity index (χ3n) is 14.3. The lowest BCUT2D eigenvalue weighted by atomic mass is 9.99.